The Bertz CT molecular complexity index is 76.0. The topological polar surface area (TPSA) is 46.2 Å². The predicted molar refractivity (Wildman–Crippen MR) is 48.4 cm³/mol. The van der Waals surface area contributed by atoms with Crippen molar-refractivity contribution in [3.63, 3.8) is 0 Å². The van der Waals surface area contributed by atoms with Gasteiger partial charge in [-0.15, -0.1) is 0 Å². The Morgan fingerprint density at radius 3 is 2.45 bits per heavy atom. The zero-order valence-corrected chi connectivity index (χ0v) is 7.55. The summed E-state index contributed by atoms with van der Waals surface area (Å²) in [6.45, 7) is 3.29. The normalized spacial score (nSPS) is 13.4. The average molecular weight is 159 g/mol. The van der Waals surface area contributed by atoms with Crippen molar-refractivity contribution in [2.24, 2.45) is 11.7 Å². The van der Waals surface area contributed by atoms with Crippen molar-refractivity contribution >= 4 is 0 Å². The second-order valence-electron chi connectivity index (χ2n) is 3.12. The molecule has 1 atom stereocenters. The molecule has 2 heteroatoms. The number of aliphatic hydroxyl groups is 1. The number of nitrogens with two attached hydrogens (primary N) is 1. The minimum Gasteiger partial charge on any atom is -0.396 e. The van der Waals surface area contributed by atoms with Crippen LogP contribution in [-0.2, 0) is 0 Å². The Labute approximate surface area is 69.8 Å². The zero-order valence-electron chi connectivity index (χ0n) is 7.55. The lowest BCUT2D eigenvalue weighted by Crippen LogP contribution is -2.07. The molecule has 0 fully saturated rings. The molecule has 0 spiro atoms. The van der Waals surface area contributed by atoms with Gasteiger partial charge in [0.15, 0.2) is 0 Å². The van der Waals surface area contributed by atoms with E-state index in [4.69, 9.17) is 10.8 Å². The van der Waals surface area contributed by atoms with E-state index in [-0.39, 0.29) is 0 Å². The molecule has 0 heterocycles. The SMILES string of the molecule is CCCC(CO)CCCCN. The maximum Gasteiger partial charge on any atom is 0.0459 e. The molecule has 0 aliphatic carbocycles. The fourth-order valence-electron chi connectivity index (χ4n) is 1.31. The van der Waals surface area contributed by atoms with Crippen LogP contribution in [0.5, 0.6) is 0 Å². The van der Waals surface area contributed by atoms with E-state index < -0.39 is 0 Å². The van der Waals surface area contributed by atoms with Gasteiger partial charge in [0.1, 0.15) is 0 Å². The van der Waals surface area contributed by atoms with E-state index in [1.165, 1.54) is 12.8 Å². The molecule has 0 aliphatic heterocycles. The lowest BCUT2D eigenvalue weighted by atomic mass is 9.98. The van der Waals surface area contributed by atoms with Gasteiger partial charge in [0.2, 0.25) is 0 Å². The summed E-state index contributed by atoms with van der Waals surface area (Å²) < 4.78 is 0. The van der Waals surface area contributed by atoms with Gasteiger partial charge >= 0.3 is 0 Å². The van der Waals surface area contributed by atoms with Crippen LogP contribution in [0.3, 0.4) is 0 Å². The summed E-state index contributed by atoms with van der Waals surface area (Å²) in [5.74, 6) is 0.520. The van der Waals surface area contributed by atoms with Gasteiger partial charge in [-0.3, -0.25) is 0 Å². The maximum atomic E-state index is 8.93. The van der Waals surface area contributed by atoms with E-state index in [2.05, 4.69) is 6.92 Å². The zero-order chi connectivity index (χ0) is 8.53. The van der Waals surface area contributed by atoms with Crippen LogP contribution in [0.15, 0.2) is 0 Å². The molecular formula is C9H21NO. The first-order valence-electron chi connectivity index (χ1n) is 4.66. The predicted octanol–water partition coefficient (Wildman–Crippen LogP) is 1.52. The first-order valence-corrected chi connectivity index (χ1v) is 4.66. The van der Waals surface area contributed by atoms with Crippen LogP contribution in [0.2, 0.25) is 0 Å². The van der Waals surface area contributed by atoms with E-state index in [0.717, 1.165) is 25.8 Å². The van der Waals surface area contributed by atoms with Crippen molar-refractivity contribution in [2.75, 3.05) is 13.2 Å². The summed E-state index contributed by atoms with van der Waals surface area (Å²) in [5, 5.41) is 8.93. The molecule has 0 aromatic heterocycles. The highest BCUT2D eigenvalue weighted by molar-refractivity contribution is 4.57. The lowest BCUT2D eigenvalue weighted by Gasteiger charge is -2.11. The monoisotopic (exact) mass is 159 g/mol. The van der Waals surface area contributed by atoms with Crippen LogP contribution < -0.4 is 5.73 Å². The first-order chi connectivity index (χ1) is 5.35. The van der Waals surface area contributed by atoms with Crippen molar-refractivity contribution in [1.82, 2.24) is 0 Å². The molecule has 0 aromatic rings. The second kappa shape index (κ2) is 8.02. The molecule has 0 saturated carbocycles. The van der Waals surface area contributed by atoms with E-state index >= 15 is 0 Å². The van der Waals surface area contributed by atoms with Crippen molar-refractivity contribution in [3.8, 4) is 0 Å². The molecule has 0 aromatic carbocycles. The molecule has 1 unspecified atom stereocenters. The molecule has 0 radical (unpaired) electrons. The molecule has 2 nitrogen and oxygen atoms in total. The van der Waals surface area contributed by atoms with Crippen LogP contribution in [0, 0.1) is 5.92 Å². The molecule has 11 heavy (non-hydrogen) atoms. The summed E-state index contributed by atoms with van der Waals surface area (Å²) >= 11 is 0. The standard InChI is InChI=1S/C9H21NO/c1-2-5-9(8-11)6-3-4-7-10/h9,11H,2-8,10H2,1H3. The van der Waals surface area contributed by atoms with Crippen LogP contribution in [0.4, 0.5) is 0 Å². The van der Waals surface area contributed by atoms with Gasteiger partial charge in [-0.05, 0) is 31.7 Å². The summed E-state index contributed by atoms with van der Waals surface area (Å²) in [6, 6.07) is 0. The second-order valence-corrected chi connectivity index (χ2v) is 3.12. The maximum absolute atomic E-state index is 8.93. The van der Waals surface area contributed by atoms with Gasteiger partial charge in [0.05, 0.1) is 0 Å². The van der Waals surface area contributed by atoms with Gasteiger partial charge in [-0.2, -0.15) is 0 Å². The van der Waals surface area contributed by atoms with Crippen LogP contribution >= 0.6 is 0 Å². The fourth-order valence-corrected chi connectivity index (χ4v) is 1.31. The van der Waals surface area contributed by atoms with E-state index in [9.17, 15) is 0 Å². The smallest absolute Gasteiger partial charge is 0.0459 e. The Hall–Kier alpha value is -0.0800. The number of hydrogen-bond acceptors (Lipinski definition) is 2. The summed E-state index contributed by atoms with van der Waals surface area (Å²) in [7, 11) is 0. The molecular weight excluding hydrogens is 138 g/mol. The van der Waals surface area contributed by atoms with Gasteiger partial charge in [-0.25, -0.2) is 0 Å². The number of rotatable bonds is 7. The van der Waals surface area contributed by atoms with E-state index in [1.54, 1.807) is 0 Å². The van der Waals surface area contributed by atoms with Crippen molar-refractivity contribution in [1.29, 1.82) is 0 Å². The number of unbranched alkanes of at least 4 members (excludes halogenated alkanes) is 1. The van der Waals surface area contributed by atoms with Crippen molar-refractivity contribution < 1.29 is 5.11 Å². The number of hydrogen-bond donors (Lipinski definition) is 2. The molecule has 3 N–H and O–H groups in total. The highest BCUT2D eigenvalue weighted by Crippen LogP contribution is 2.13. The first kappa shape index (κ1) is 10.9. The van der Waals surface area contributed by atoms with E-state index in [1.807, 2.05) is 0 Å². The summed E-state index contributed by atoms with van der Waals surface area (Å²) in [5.41, 5.74) is 5.37. The third kappa shape index (κ3) is 6.32. The molecule has 0 bridgehead atoms. The summed E-state index contributed by atoms with van der Waals surface area (Å²) in [4.78, 5) is 0. The minimum absolute atomic E-state index is 0.346. The third-order valence-electron chi connectivity index (χ3n) is 2.02. The van der Waals surface area contributed by atoms with Crippen molar-refractivity contribution in [2.45, 2.75) is 39.0 Å². The van der Waals surface area contributed by atoms with E-state index in [0.29, 0.717) is 12.5 Å². The minimum atomic E-state index is 0.346. The average Bonchev–Trinajstić information content (AvgIpc) is 2.03. The molecule has 68 valence electrons. The Kier molecular flexibility index (Phi) is 7.96. The van der Waals surface area contributed by atoms with Crippen LogP contribution in [-0.4, -0.2) is 18.3 Å². The van der Waals surface area contributed by atoms with Crippen molar-refractivity contribution in [3.05, 3.63) is 0 Å². The fraction of sp³-hybridized carbons (Fsp3) is 1.00. The highest BCUT2D eigenvalue weighted by Gasteiger charge is 2.04. The van der Waals surface area contributed by atoms with Gasteiger partial charge < -0.3 is 10.8 Å². The largest absolute Gasteiger partial charge is 0.396 e. The Morgan fingerprint density at radius 1 is 1.27 bits per heavy atom. The summed E-state index contributed by atoms with van der Waals surface area (Å²) in [6.07, 6.45) is 5.73. The van der Waals surface area contributed by atoms with Gasteiger partial charge in [0.25, 0.3) is 0 Å². The lowest BCUT2D eigenvalue weighted by molar-refractivity contribution is 0.207. The quantitative estimate of drug-likeness (QED) is 0.553. The number of aliphatic hydroxyl groups excluding tert-OH is 1. The highest BCUT2D eigenvalue weighted by atomic mass is 16.3. The van der Waals surface area contributed by atoms with Gasteiger partial charge in [0, 0.05) is 6.61 Å². The van der Waals surface area contributed by atoms with Crippen LogP contribution in [0.1, 0.15) is 39.0 Å². The molecule has 0 rings (SSSR count). The molecule has 0 aliphatic rings. The van der Waals surface area contributed by atoms with Crippen LogP contribution in [0.25, 0.3) is 0 Å². The van der Waals surface area contributed by atoms with Gasteiger partial charge in [-0.1, -0.05) is 19.8 Å². The Morgan fingerprint density at radius 2 is 2.00 bits per heavy atom. The third-order valence-corrected chi connectivity index (χ3v) is 2.02. The Balaban J connectivity index is 3.20. The molecule has 0 amide bonds. The molecule has 0 saturated heterocycles.